The number of benzene rings is 1. The molecule has 0 aliphatic carbocycles. The van der Waals surface area contributed by atoms with Gasteiger partial charge in [0, 0.05) is 11.8 Å². The number of hydrogen-bond donors (Lipinski definition) is 3. The Morgan fingerprint density at radius 2 is 1.95 bits per heavy atom. The number of pyridine rings is 1. The number of nitrogens with zero attached hydrogens (tertiary/aromatic N) is 1. The summed E-state index contributed by atoms with van der Waals surface area (Å²) in [5.74, 6) is 5.73. The van der Waals surface area contributed by atoms with E-state index in [1.165, 1.54) is 6.07 Å². The summed E-state index contributed by atoms with van der Waals surface area (Å²) in [5.41, 5.74) is 11.6. The zero-order valence-electron chi connectivity index (χ0n) is 10.9. The van der Waals surface area contributed by atoms with Crippen LogP contribution in [-0.4, -0.2) is 4.98 Å². The van der Waals surface area contributed by atoms with Crippen molar-refractivity contribution in [3.63, 3.8) is 0 Å². The summed E-state index contributed by atoms with van der Waals surface area (Å²) >= 11 is 0. The Bertz CT molecular complexity index is 578. The quantitative estimate of drug-likeness (QED) is 0.582. The molecule has 0 spiro atoms. The third kappa shape index (κ3) is 2.57. The van der Waals surface area contributed by atoms with Gasteiger partial charge in [0.2, 0.25) is 0 Å². The second-order valence-corrected chi connectivity index (χ2v) is 4.54. The van der Waals surface area contributed by atoms with E-state index in [-0.39, 0.29) is 11.9 Å². The van der Waals surface area contributed by atoms with E-state index in [1.807, 2.05) is 19.1 Å². The van der Waals surface area contributed by atoms with Gasteiger partial charge >= 0.3 is 0 Å². The van der Waals surface area contributed by atoms with E-state index in [4.69, 9.17) is 11.6 Å². The van der Waals surface area contributed by atoms with Gasteiger partial charge in [-0.1, -0.05) is 12.1 Å². The van der Waals surface area contributed by atoms with Crippen LogP contribution < -0.4 is 17.0 Å². The van der Waals surface area contributed by atoms with Gasteiger partial charge in [-0.2, -0.15) is 0 Å². The number of aromatic nitrogens is 1. The van der Waals surface area contributed by atoms with Crippen LogP contribution in [0.5, 0.6) is 0 Å². The number of aryl methyl sites for hydroxylation is 2. The zero-order valence-corrected chi connectivity index (χ0v) is 10.9. The Hall–Kier alpha value is -1.98. The topological polar surface area (TPSA) is 77.0 Å². The van der Waals surface area contributed by atoms with Crippen LogP contribution in [0.15, 0.2) is 30.5 Å². The normalized spacial score (nSPS) is 12.4. The second-order valence-electron chi connectivity index (χ2n) is 4.54. The number of hydrogen-bond acceptors (Lipinski definition) is 4. The first kappa shape index (κ1) is 13.5. The van der Waals surface area contributed by atoms with Crippen molar-refractivity contribution in [1.82, 2.24) is 10.4 Å². The molecule has 5 N–H and O–H groups in total. The maximum atomic E-state index is 13.7. The zero-order chi connectivity index (χ0) is 14.0. The third-order valence-electron chi connectivity index (χ3n) is 3.22. The Kier molecular flexibility index (Phi) is 3.78. The van der Waals surface area contributed by atoms with Crippen molar-refractivity contribution < 1.29 is 4.39 Å². The Morgan fingerprint density at radius 1 is 1.21 bits per heavy atom. The number of hydrazine groups is 1. The lowest BCUT2D eigenvalue weighted by Gasteiger charge is -2.20. The lowest BCUT2D eigenvalue weighted by molar-refractivity contribution is 0.598. The summed E-state index contributed by atoms with van der Waals surface area (Å²) in [6.45, 7) is 3.63. The molecule has 19 heavy (non-hydrogen) atoms. The monoisotopic (exact) mass is 260 g/mol. The summed E-state index contributed by atoms with van der Waals surface area (Å²) in [5, 5.41) is 0. The molecule has 1 atom stereocenters. The SMILES string of the molecule is Cc1ccc(C(NN)c2c(C)ccnc2N)cc1F. The van der Waals surface area contributed by atoms with Gasteiger partial charge in [0.25, 0.3) is 0 Å². The van der Waals surface area contributed by atoms with Crippen LogP contribution in [0.3, 0.4) is 0 Å². The highest BCUT2D eigenvalue weighted by atomic mass is 19.1. The maximum absolute atomic E-state index is 13.7. The molecule has 100 valence electrons. The average molecular weight is 260 g/mol. The minimum atomic E-state index is -0.385. The van der Waals surface area contributed by atoms with E-state index in [9.17, 15) is 4.39 Å². The number of halogens is 1. The van der Waals surface area contributed by atoms with E-state index in [0.29, 0.717) is 16.9 Å². The van der Waals surface area contributed by atoms with Gasteiger partial charge < -0.3 is 5.73 Å². The summed E-state index contributed by atoms with van der Waals surface area (Å²) in [4.78, 5) is 4.06. The number of nitrogen functional groups attached to an aromatic ring is 1. The fraction of sp³-hybridized carbons (Fsp3) is 0.214. The molecular weight excluding hydrogens is 243 g/mol. The van der Waals surface area contributed by atoms with E-state index >= 15 is 0 Å². The van der Waals surface area contributed by atoms with Crippen LogP contribution in [0.1, 0.15) is 28.3 Å². The molecule has 0 radical (unpaired) electrons. The highest BCUT2D eigenvalue weighted by Crippen LogP contribution is 2.28. The van der Waals surface area contributed by atoms with Gasteiger partial charge in [0.15, 0.2) is 0 Å². The van der Waals surface area contributed by atoms with E-state index in [1.54, 1.807) is 19.2 Å². The van der Waals surface area contributed by atoms with Gasteiger partial charge in [0.05, 0.1) is 6.04 Å². The summed E-state index contributed by atoms with van der Waals surface area (Å²) < 4.78 is 13.7. The van der Waals surface area contributed by atoms with Gasteiger partial charge in [0.1, 0.15) is 11.6 Å². The van der Waals surface area contributed by atoms with Crippen LogP contribution in [0.2, 0.25) is 0 Å². The highest BCUT2D eigenvalue weighted by Gasteiger charge is 2.19. The fourth-order valence-electron chi connectivity index (χ4n) is 2.10. The predicted octanol–water partition coefficient (Wildman–Crippen LogP) is 1.97. The molecule has 0 amide bonds. The first-order chi connectivity index (χ1) is 9.04. The molecule has 1 heterocycles. The first-order valence-corrected chi connectivity index (χ1v) is 5.97. The molecule has 0 saturated carbocycles. The Labute approximate surface area is 111 Å². The van der Waals surface area contributed by atoms with Crippen molar-refractivity contribution in [1.29, 1.82) is 0 Å². The predicted molar refractivity (Wildman–Crippen MR) is 73.7 cm³/mol. The lowest BCUT2D eigenvalue weighted by atomic mass is 9.95. The second kappa shape index (κ2) is 5.34. The minimum absolute atomic E-state index is 0.266. The van der Waals surface area contributed by atoms with E-state index < -0.39 is 0 Å². The molecule has 5 heteroatoms. The number of nitrogens with two attached hydrogens (primary N) is 2. The highest BCUT2D eigenvalue weighted by molar-refractivity contribution is 5.50. The van der Waals surface area contributed by atoms with Crippen molar-refractivity contribution >= 4 is 5.82 Å². The summed E-state index contributed by atoms with van der Waals surface area (Å²) in [7, 11) is 0. The maximum Gasteiger partial charge on any atom is 0.128 e. The van der Waals surface area contributed by atoms with E-state index in [2.05, 4.69) is 10.4 Å². The fourth-order valence-corrected chi connectivity index (χ4v) is 2.10. The smallest absolute Gasteiger partial charge is 0.128 e. The molecule has 0 aliphatic rings. The van der Waals surface area contributed by atoms with Crippen LogP contribution in [-0.2, 0) is 0 Å². The van der Waals surface area contributed by atoms with E-state index in [0.717, 1.165) is 11.1 Å². The standard InChI is InChI=1S/C14H17FN4/c1-8-3-4-10(7-11(8)15)13(19-17)12-9(2)5-6-18-14(12)16/h3-7,13,19H,17H2,1-2H3,(H2,16,18). The lowest BCUT2D eigenvalue weighted by Crippen LogP contribution is -2.30. The first-order valence-electron chi connectivity index (χ1n) is 5.97. The van der Waals surface area contributed by atoms with Crippen molar-refractivity contribution in [2.75, 3.05) is 5.73 Å². The molecular formula is C14H17FN4. The number of rotatable bonds is 3. The molecule has 1 aromatic heterocycles. The minimum Gasteiger partial charge on any atom is -0.383 e. The van der Waals surface area contributed by atoms with Crippen LogP contribution in [0.4, 0.5) is 10.2 Å². The molecule has 1 aromatic carbocycles. The number of anilines is 1. The van der Waals surface area contributed by atoms with Crippen molar-refractivity contribution in [3.05, 3.63) is 58.5 Å². The van der Waals surface area contributed by atoms with Crippen molar-refractivity contribution in [2.24, 2.45) is 5.84 Å². The summed E-state index contributed by atoms with van der Waals surface area (Å²) in [6, 6.07) is 6.47. The molecule has 4 nitrogen and oxygen atoms in total. The molecule has 2 rings (SSSR count). The van der Waals surface area contributed by atoms with Crippen LogP contribution in [0.25, 0.3) is 0 Å². The Balaban J connectivity index is 2.53. The Morgan fingerprint density at radius 3 is 2.53 bits per heavy atom. The molecule has 2 aromatic rings. The van der Waals surface area contributed by atoms with Crippen LogP contribution >= 0.6 is 0 Å². The molecule has 0 fully saturated rings. The summed E-state index contributed by atoms with van der Waals surface area (Å²) in [6.07, 6.45) is 1.64. The van der Waals surface area contributed by atoms with Gasteiger partial charge in [-0.3, -0.25) is 5.84 Å². The molecule has 0 bridgehead atoms. The molecule has 0 aliphatic heterocycles. The van der Waals surface area contributed by atoms with Crippen LogP contribution in [0, 0.1) is 19.7 Å². The van der Waals surface area contributed by atoms with Crippen molar-refractivity contribution in [3.8, 4) is 0 Å². The van der Waals surface area contributed by atoms with Gasteiger partial charge in [-0.25, -0.2) is 14.8 Å². The molecule has 0 saturated heterocycles. The van der Waals surface area contributed by atoms with Gasteiger partial charge in [-0.05, 0) is 42.7 Å². The van der Waals surface area contributed by atoms with Crippen molar-refractivity contribution in [2.45, 2.75) is 19.9 Å². The largest absolute Gasteiger partial charge is 0.383 e. The molecule has 1 unspecified atom stereocenters. The third-order valence-corrected chi connectivity index (χ3v) is 3.22. The van der Waals surface area contributed by atoms with Gasteiger partial charge in [-0.15, -0.1) is 0 Å². The number of nitrogens with one attached hydrogen (secondary N) is 1. The average Bonchev–Trinajstić information content (AvgIpc) is 2.37.